The molecule has 2 fully saturated rings. The van der Waals surface area contributed by atoms with E-state index in [-0.39, 0.29) is 18.1 Å². The lowest BCUT2D eigenvalue weighted by Gasteiger charge is -2.29. The third-order valence-corrected chi connectivity index (χ3v) is 3.91. The molecule has 0 radical (unpaired) electrons. The van der Waals surface area contributed by atoms with Gasteiger partial charge in [-0.25, -0.2) is 0 Å². The van der Waals surface area contributed by atoms with Crippen molar-refractivity contribution in [2.45, 2.75) is 57.7 Å². The summed E-state index contributed by atoms with van der Waals surface area (Å²) in [6, 6.07) is 0. The summed E-state index contributed by atoms with van der Waals surface area (Å²) in [5.41, 5.74) is 0. The highest BCUT2D eigenvalue weighted by Gasteiger charge is 2.25. The Balaban J connectivity index is 1.79. The second kappa shape index (κ2) is 7.10. The van der Waals surface area contributed by atoms with Crippen LogP contribution in [0.5, 0.6) is 0 Å². The van der Waals surface area contributed by atoms with Crippen LogP contribution in [0, 0.1) is 0 Å². The minimum absolute atomic E-state index is 0.183. The molecular formula is C14H26N2O2. The molecule has 4 heteroatoms. The van der Waals surface area contributed by atoms with Crippen LogP contribution in [0.4, 0.5) is 0 Å². The molecule has 18 heavy (non-hydrogen) atoms. The fourth-order valence-corrected chi connectivity index (χ4v) is 2.83. The van der Waals surface area contributed by atoms with E-state index in [0.29, 0.717) is 0 Å². The van der Waals surface area contributed by atoms with Crippen LogP contribution in [0.15, 0.2) is 0 Å². The van der Waals surface area contributed by atoms with Gasteiger partial charge in [0.25, 0.3) is 5.91 Å². The number of nitrogens with one attached hydrogen (secondary N) is 1. The van der Waals surface area contributed by atoms with E-state index in [4.69, 9.17) is 4.74 Å². The zero-order valence-corrected chi connectivity index (χ0v) is 11.5. The summed E-state index contributed by atoms with van der Waals surface area (Å²) < 4.78 is 5.89. The van der Waals surface area contributed by atoms with E-state index < -0.39 is 0 Å². The lowest BCUT2D eigenvalue weighted by molar-refractivity contribution is -0.146. The van der Waals surface area contributed by atoms with Crippen LogP contribution in [0.3, 0.4) is 0 Å². The fraction of sp³-hybridized carbons (Fsp3) is 0.929. The summed E-state index contributed by atoms with van der Waals surface area (Å²) in [7, 11) is 0. The Labute approximate surface area is 110 Å². The Hall–Kier alpha value is -0.610. The average Bonchev–Trinajstić information content (AvgIpc) is 2.68. The first-order chi connectivity index (χ1) is 8.77. The van der Waals surface area contributed by atoms with Crippen LogP contribution in [0.25, 0.3) is 0 Å². The van der Waals surface area contributed by atoms with Crippen LogP contribution in [-0.2, 0) is 9.53 Å². The fourth-order valence-electron chi connectivity index (χ4n) is 2.83. The zero-order chi connectivity index (χ0) is 12.8. The van der Waals surface area contributed by atoms with Gasteiger partial charge in [0, 0.05) is 19.6 Å². The maximum Gasteiger partial charge on any atom is 0.251 e. The number of hydrogen-bond donors (Lipinski definition) is 1. The monoisotopic (exact) mass is 254 g/mol. The molecule has 0 aromatic heterocycles. The molecule has 2 aliphatic heterocycles. The molecule has 0 aromatic rings. The number of carbonyl (C=O) groups excluding carboxylic acids is 1. The molecule has 0 saturated carbocycles. The number of rotatable bonds is 3. The van der Waals surface area contributed by atoms with Gasteiger partial charge in [-0.05, 0) is 39.2 Å². The summed E-state index contributed by atoms with van der Waals surface area (Å²) in [6.45, 7) is 5.69. The van der Waals surface area contributed by atoms with Crippen LogP contribution in [-0.4, -0.2) is 49.2 Å². The first-order valence-corrected chi connectivity index (χ1v) is 7.42. The minimum atomic E-state index is -0.284. The lowest BCUT2D eigenvalue weighted by Crippen LogP contribution is -2.44. The Morgan fingerprint density at radius 2 is 1.94 bits per heavy atom. The molecule has 2 heterocycles. The minimum Gasteiger partial charge on any atom is -0.364 e. The molecule has 1 amide bonds. The van der Waals surface area contributed by atoms with Gasteiger partial charge in [-0.3, -0.25) is 4.79 Å². The Morgan fingerprint density at radius 3 is 2.56 bits per heavy atom. The van der Waals surface area contributed by atoms with Crippen molar-refractivity contribution in [2.75, 3.05) is 26.2 Å². The van der Waals surface area contributed by atoms with Crippen molar-refractivity contribution in [2.24, 2.45) is 0 Å². The Morgan fingerprint density at radius 1 is 1.22 bits per heavy atom. The Bertz CT molecular complexity index is 257. The molecule has 0 spiro atoms. The van der Waals surface area contributed by atoms with Crippen LogP contribution < -0.4 is 5.32 Å². The van der Waals surface area contributed by atoms with E-state index in [1.807, 2.05) is 11.8 Å². The van der Waals surface area contributed by atoms with E-state index in [0.717, 1.165) is 51.9 Å². The van der Waals surface area contributed by atoms with Crippen LogP contribution in [0.1, 0.15) is 45.4 Å². The predicted octanol–water partition coefficient (Wildman–Crippen LogP) is 1.55. The maximum atomic E-state index is 12.3. The molecule has 104 valence electrons. The molecule has 0 aliphatic carbocycles. The second-order valence-corrected chi connectivity index (χ2v) is 5.49. The van der Waals surface area contributed by atoms with E-state index in [2.05, 4.69) is 5.32 Å². The number of amides is 1. The first-order valence-electron chi connectivity index (χ1n) is 7.42. The average molecular weight is 254 g/mol. The quantitative estimate of drug-likeness (QED) is 0.831. The molecule has 1 N–H and O–H groups in total. The normalized spacial score (nSPS) is 27.6. The van der Waals surface area contributed by atoms with Gasteiger partial charge in [0.1, 0.15) is 6.10 Å². The largest absolute Gasteiger partial charge is 0.364 e. The van der Waals surface area contributed by atoms with Crippen molar-refractivity contribution in [1.29, 1.82) is 0 Å². The van der Waals surface area contributed by atoms with Gasteiger partial charge in [-0.15, -0.1) is 0 Å². The predicted molar refractivity (Wildman–Crippen MR) is 71.5 cm³/mol. The summed E-state index contributed by atoms with van der Waals surface area (Å²) in [5, 5.41) is 3.32. The molecule has 2 aliphatic rings. The molecular weight excluding hydrogens is 228 g/mol. The number of hydrogen-bond acceptors (Lipinski definition) is 3. The van der Waals surface area contributed by atoms with Gasteiger partial charge in [0.15, 0.2) is 0 Å². The summed E-state index contributed by atoms with van der Waals surface area (Å²) >= 11 is 0. The van der Waals surface area contributed by atoms with E-state index in [1.54, 1.807) is 0 Å². The number of carbonyl (C=O) groups is 1. The molecule has 0 bridgehead atoms. The SMILES string of the molecule is CC(OC1CCCNC1)C(=O)N1CCCCCC1. The summed E-state index contributed by atoms with van der Waals surface area (Å²) in [6.07, 6.45) is 6.95. The highest BCUT2D eigenvalue weighted by molar-refractivity contribution is 5.80. The van der Waals surface area contributed by atoms with Crippen LogP contribution >= 0.6 is 0 Å². The third kappa shape index (κ3) is 3.95. The second-order valence-electron chi connectivity index (χ2n) is 5.49. The number of nitrogens with zero attached hydrogens (tertiary/aromatic N) is 1. The molecule has 2 rings (SSSR count). The maximum absolute atomic E-state index is 12.3. The molecule has 2 unspecified atom stereocenters. The van der Waals surface area contributed by atoms with E-state index in [9.17, 15) is 4.79 Å². The van der Waals surface area contributed by atoms with Crippen molar-refractivity contribution in [3.63, 3.8) is 0 Å². The van der Waals surface area contributed by atoms with Gasteiger partial charge in [0.2, 0.25) is 0 Å². The number of ether oxygens (including phenoxy) is 1. The van der Waals surface area contributed by atoms with E-state index in [1.165, 1.54) is 12.8 Å². The standard InChI is InChI=1S/C14H26N2O2/c1-12(18-13-7-6-8-15-11-13)14(17)16-9-4-2-3-5-10-16/h12-13,15H,2-11H2,1H3. The van der Waals surface area contributed by atoms with Crippen molar-refractivity contribution in [3.8, 4) is 0 Å². The summed E-state index contributed by atoms with van der Waals surface area (Å²) in [5.74, 6) is 0.183. The topological polar surface area (TPSA) is 41.6 Å². The molecule has 2 saturated heterocycles. The first kappa shape index (κ1) is 13.8. The van der Waals surface area contributed by atoms with Crippen molar-refractivity contribution < 1.29 is 9.53 Å². The van der Waals surface area contributed by atoms with Gasteiger partial charge in [-0.2, -0.15) is 0 Å². The van der Waals surface area contributed by atoms with Crippen molar-refractivity contribution >= 4 is 5.91 Å². The number of piperidine rings is 1. The smallest absolute Gasteiger partial charge is 0.251 e. The molecule has 2 atom stereocenters. The zero-order valence-electron chi connectivity index (χ0n) is 11.5. The van der Waals surface area contributed by atoms with Gasteiger partial charge >= 0.3 is 0 Å². The number of likely N-dealkylation sites (tertiary alicyclic amines) is 1. The van der Waals surface area contributed by atoms with Gasteiger partial charge in [0.05, 0.1) is 6.10 Å². The van der Waals surface area contributed by atoms with Crippen molar-refractivity contribution in [3.05, 3.63) is 0 Å². The molecule has 0 aromatic carbocycles. The highest BCUT2D eigenvalue weighted by atomic mass is 16.5. The van der Waals surface area contributed by atoms with E-state index >= 15 is 0 Å². The van der Waals surface area contributed by atoms with Gasteiger partial charge in [-0.1, -0.05) is 12.8 Å². The van der Waals surface area contributed by atoms with Gasteiger partial charge < -0.3 is 15.0 Å². The highest BCUT2D eigenvalue weighted by Crippen LogP contribution is 2.14. The third-order valence-electron chi connectivity index (χ3n) is 3.91. The molecule has 4 nitrogen and oxygen atoms in total. The van der Waals surface area contributed by atoms with Crippen molar-refractivity contribution in [1.82, 2.24) is 10.2 Å². The van der Waals surface area contributed by atoms with Crippen LogP contribution in [0.2, 0.25) is 0 Å². The summed E-state index contributed by atoms with van der Waals surface area (Å²) in [4.78, 5) is 14.3. The Kier molecular flexibility index (Phi) is 5.45. The lowest BCUT2D eigenvalue weighted by atomic mass is 10.1.